The molecule has 3 nitrogen and oxygen atoms in total. The lowest BCUT2D eigenvalue weighted by molar-refractivity contribution is 0.399. The van der Waals surface area contributed by atoms with Crippen LogP contribution in [0.15, 0.2) is 28.7 Å². The van der Waals surface area contributed by atoms with Gasteiger partial charge in [-0.05, 0) is 24.4 Å². The monoisotopic (exact) mass is 193 g/mol. The Balaban J connectivity index is 2.56. The van der Waals surface area contributed by atoms with Gasteiger partial charge in [-0.1, -0.05) is 12.1 Å². The van der Waals surface area contributed by atoms with E-state index < -0.39 is 0 Å². The summed E-state index contributed by atoms with van der Waals surface area (Å²) in [5.74, 6) is 0.360. The Morgan fingerprint density at radius 1 is 1.46 bits per heavy atom. The van der Waals surface area contributed by atoms with Gasteiger partial charge in [0.25, 0.3) is 5.89 Å². The van der Waals surface area contributed by atoms with Crippen LogP contribution in [0.5, 0.6) is 0 Å². The van der Waals surface area contributed by atoms with Gasteiger partial charge < -0.3 is 9.15 Å². The van der Waals surface area contributed by atoms with Gasteiger partial charge >= 0.3 is 0 Å². The van der Waals surface area contributed by atoms with E-state index in [4.69, 9.17) is 21.4 Å². The van der Waals surface area contributed by atoms with E-state index in [2.05, 4.69) is 4.98 Å². The Morgan fingerprint density at radius 2 is 2.23 bits per heavy atom. The molecule has 0 atom stereocenters. The molecule has 0 saturated carbocycles. The summed E-state index contributed by atoms with van der Waals surface area (Å²) in [6, 6.07) is 7.47. The first-order chi connectivity index (χ1) is 6.31. The van der Waals surface area contributed by atoms with Crippen molar-refractivity contribution >= 4 is 28.4 Å². The van der Waals surface area contributed by atoms with Crippen molar-refractivity contribution in [1.29, 1.82) is 0 Å². The van der Waals surface area contributed by atoms with E-state index in [1.165, 1.54) is 7.11 Å². The van der Waals surface area contributed by atoms with E-state index in [1.54, 1.807) is 0 Å². The molecule has 1 aromatic carbocycles. The number of para-hydroxylation sites is 2. The van der Waals surface area contributed by atoms with Crippen LogP contribution in [0.25, 0.3) is 11.1 Å². The van der Waals surface area contributed by atoms with Gasteiger partial charge in [-0.25, -0.2) is 4.98 Å². The van der Waals surface area contributed by atoms with Crippen LogP contribution < -0.4 is 0 Å². The van der Waals surface area contributed by atoms with Crippen molar-refractivity contribution in [2.45, 2.75) is 0 Å². The summed E-state index contributed by atoms with van der Waals surface area (Å²) in [4.78, 5) is 4.15. The van der Waals surface area contributed by atoms with Crippen molar-refractivity contribution in [3.05, 3.63) is 30.2 Å². The summed E-state index contributed by atoms with van der Waals surface area (Å²) in [5, 5.41) is 0.274. The Hall–Kier alpha value is -1.42. The number of methoxy groups -OCH3 is 1. The summed E-state index contributed by atoms with van der Waals surface area (Å²) < 4.78 is 10.2. The molecule has 0 radical (unpaired) electrons. The largest absolute Gasteiger partial charge is 0.483 e. The fourth-order valence-corrected chi connectivity index (χ4v) is 1.13. The van der Waals surface area contributed by atoms with Gasteiger partial charge in [0.05, 0.1) is 7.11 Å². The average molecular weight is 193 g/mol. The number of benzene rings is 1. The molecule has 13 heavy (non-hydrogen) atoms. The SMILES string of the molecule is COC(=S)c1nc2ccccc2o1. The number of thiocarbonyl (C=S) groups is 1. The zero-order chi connectivity index (χ0) is 9.26. The van der Waals surface area contributed by atoms with Gasteiger partial charge in [-0.15, -0.1) is 0 Å². The summed E-state index contributed by atoms with van der Waals surface area (Å²) in [6.45, 7) is 0. The maximum absolute atomic E-state index is 5.34. The smallest absolute Gasteiger partial charge is 0.275 e. The van der Waals surface area contributed by atoms with Gasteiger partial charge in [0, 0.05) is 0 Å². The van der Waals surface area contributed by atoms with Crippen molar-refractivity contribution in [2.24, 2.45) is 0 Å². The minimum atomic E-state index is 0.274. The Kier molecular flexibility index (Phi) is 1.98. The molecular formula is C9H7NO2S. The number of nitrogens with zero attached hydrogens (tertiary/aromatic N) is 1. The molecule has 2 aromatic rings. The van der Waals surface area contributed by atoms with Gasteiger partial charge in [0.1, 0.15) is 5.52 Å². The molecule has 0 aliphatic carbocycles. The topological polar surface area (TPSA) is 35.3 Å². The third-order valence-corrected chi connectivity index (χ3v) is 2.00. The standard InChI is InChI=1S/C9H7NO2S/c1-11-9(13)8-10-6-4-2-3-5-7(6)12-8/h2-5H,1H3. The Bertz CT molecular complexity index is 417. The molecule has 0 bridgehead atoms. The molecule has 0 saturated heterocycles. The van der Waals surface area contributed by atoms with Gasteiger partial charge in [-0.3, -0.25) is 0 Å². The summed E-state index contributed by atoms with van der Waals surface area (Å²) >= 11 is 4.88. The number of hydrogen-bond donors (Lipinski definition) is 0. The van der Waals surface area contributed by atoms with Crippen LogP contribution in [-0.2, 0) is 4.74 Å². The van der Waals surface area contributed by atoms with E-state index in [1.807, 2.05) is 24.3 Å². The van der Waals surface area contributed by atoms with E-state index in [0.29, 0.717) is 5.89 Å². The van der Waals surface area contributed by atoms with E-state index in [9.17, 15) is 0 Å². The zero-order valence-corrected chi connectivity index (χ0v) is 7.80. The minimum absolute atomic E-state index is 0.274. The van der Waals surface area contributed by atoms with Crippen molar-refractivity contribution in [1.82, 2.24) is 4.98 Å². The van der Waals surface area contributed by atoms with Crippen LogP contribution in [-0.4, -0.2) is 17.1 Å². The van der Waals surface area contributed by atoms with E-state index >= 15 is 0 Å². The fourth-order valence-electron chi connectivity index (χ4n) is 1.05. The van der Waals surface area contributed by atoms with Crippen molar-refractivity contribution in [3.8, 4) is 0 Å². The average Bonchev–Trinajstić information content (AvgIpc) is 2.59. The molecule has 0 unspecified atom stereocenters. The second-order valence-corrected chi connectivity index (χ2v) is 2.85. The number of fused-ring (bicyclic) bond motifs is 1. The second-order valence-electron chi connectivity index (χ2n) is 2.48. The Labute approximate surface area is 80.3 Å². The summed E-state index contributed by atoms with van der Waals surface area (Å²) in [6.07, 6.45) is 0. The fraction of sp³-hybridized carbons (Fsp3) is 0.111. The molecule has 66 valence electrons. The quantitative estimate of drug-likeness (QED) is 0.650. The maximum Gasteiger partial charge on any atom is 0.275 e. The van der Waals surface area contributed by atoms with Crippen LogP contribution in [0, 0.1) is 0 Å². The third-order valence-electron chi connectivity index (χ3n) is 1.65. The van der Waals surface area contributed by atoms with E-state index in [-0.39, 0.29) is 5.05 Å². The van der Waals surface area contributed by atoms with Crippen molar-refractivity contribution in [3.63, 3.8) is 0 Å². The lowest BCUT2D eigenvalue weighted by Crippen LogP contribution is -1.98. The number of aromatic nitrogens is 1. The lowest BCUT2D eigenvalue weighted by atomic mass is 10.3. The van der Waals surface area contributed by atoms with Crippen LogP contribution in [0.4, 0.5) is 0 Å². The van der Waals surface area contributed by atoms with Crippen molar-refractivity contribution in [2.75, 3.05) is 7.11 Å². The number of ether oxygens (including phenoxy) is 1. The number of oxazole rings is 1. The van der Waals surface area contributed by atoms with Crippen LogP contribution in [0.2, 0.25) is 0 Å². The first kappa shape index (κ1) is 8.19. The molecule has 0 spiro atoms. The van der Waals surface area contributed by atoms with Crippen LogP contribution in [0.1, 0.15) is 5.89 Å². The molecule has 0 N–H and O–H groups in total. The minimum Gasteiger partial charge on any atom is -0.483 e. The van der Waals surface area contributed by atoms with Crippen molar-refractivity contribution < 1.29 is 9.15 Å². The molecule has 4 heteroatoms. The molecule has 0 amide bonds. The lowest BCUT2D eigenvalue weighted by Gasteiger charge is -1.92. The normalized spacial score (nSPS) is 10.2. The molecular weight excluding hydrogens is 186 g/mol. The first-order valence-electron chi connectivity index (χ1n) is 3.75. The van der Waals surface area contributed by atoms with E-state index in [0.717, 1.165) is 11.1 Å². The predicted octanol–water partition coefficient (Wildman–Crippen LogP) is 2.15. The van der Waals surface area contributed by atoms with Crippen LogP contribution in [0.3, 0.4) is 0 Å². The highest BCUT2D eigenvalue weighted by Gasteiger charge is 2.09. The molecule has 1 heterocycles. The molecule has 2 rings (SSSR count). The van der Waals surface area contributed by atoms with Crippen LogP contribution >= 0.6 is 12.2 Å². The Morgan fingerprint density at radius 3 is 2.92 bits per heavy atom. The third kappa shape index (κ3) is 1.40. The maximum atomic E-state index is 5.34. The molecule has 0 fully saturated rings. The summed E-state index contributed by atoms with van der Waals surface area (Å²) in [7, 11) is 1.50. The first-order valence-corrected chi connectivity index (χ1v) is 4.16. The number of rotatable bonds is 1. The number of hydrogen-bond acceptors (Lipinski definition) is 4. The molecule has 1 aromatic heterocycles. The highest BCUT2D eigenvalue weighted by atomic mass is 32.1. The second kappa shape index (κ2) is 3.14. The zero-order valence-electron chi connectivity index (χ0n) is 6.98. The van der Waals surface area contributed by atoms with Gasteiger partial charge in [-0.2, -0.15) is 0 Å². The molecule has 0 aliphatic heterocycles. The highest BCUT2D eigenvalue weighted by Crippen LogP contribution is 2.15. The predicted molar refractivity (Wildman–Crippen MR) is 52.7 cm³/mol. The summed E-state index contributed by atoms with van der Waals surface area (Å²) in [5.41, 5.74) is 1.51. The van der Waals surface area contributed by atoms with Gasteiger partial charge in [0.2, 0.25) is 5.05 Å². The highest BCUT2D eigenvalue weighted by molar-refractivity contribution is 7.80. The van der Waals surface area contributed by atoms with Gasteiger partial charge in [0.15, 0.2) is 5.58 Å². The molecule has 0 aliphatic rings.